The number of carbonyl (C=O) groups excluding carboxylic acids is 1. The molecule has 0 aliphatic carbocycles. The summed E-state index contributed by atoms with van der Waals surface area (Å²) in [4.78, 5) is 12.6. The van der Waals surface area contributed by atoms with Gasteiger partial charge >= 0.3 is 6.18 Å². The second-order valence-corrected chi connectivity index (χ2v) is 9.74. The van der Waals surface area contributed by atoms with E-state index in [1.165, 1.54) is 42.5 Å². The van der Waals surface area contributed by atoms with Gasteiger partial charge in [0.2, 0.25) is 0 Å². The van der Waals surface area contributed by atoms with Gasteiger partial charge in [-0.05, 0) is 79.2 Å². The first kappa shape index (κ1) is 25.8. The number of aryl methyl sites for hydroxylation is 1. The van der Waals surface area contributed by atoms with E-state index in [-0.39, 0.29) is 21.8 Å². The summed E-state index contributed by atoms with van der Waals surface area (Å²) in [7, 11) is -4.08. The molecular weight excluding hydrogens is 505 g/mol. The van der Waals surface area contributed by atoms with Gasteiger partial charge in [0.1, 0.15) is 11.5 Å². The first-order valence-corrected chi connectivity index (χ1v) is 12.4. The van der Waals surface area contributed by atoms with Gasteiger partial charge in [0.05, 0.1) is 10.5 Å². The van der Waals surface area contributed by atoms with Crippen LogP contribution in [0, 0.1) is 6.92 Å². The predicted octanol–water partition coefficient (Wildman–Crippen LogP) is 6.86. The maximum absolute atomic E-state index is 13.0. The first-order valence-electron chi connectivity index (χ1n) is 11.0. The van der Waals surface area contributed by atoms with E-state index in [9.17, 15) is 26.4 Å². The molecule has 190 valence electrons. The summed E-state index contributed by atoms with van der Waals surface area (Å²) in [6, 6.07) is 23.5. The van der Waals surface area contributed by atoms with Crippen molar-refractivity contribution in [3.63, 3.8) is 0 Å². The topological polar surface area (TPSA) is 84.5 Å². The Morgan fingerprint density at radius 3 is 2.14 bits per heavy atom. The van der Waals surface area contributed by atoms with Gasteiger partial charge in [0.15, 0.2) is 0 Å². The maximum atomic E-state index is 13.0. The van der Waals surface area contributed by atoms with Crippen molar-refractivity contribution in [1.82, 2.24) is 0 Å². The Balaban J connectivity index is 1.50. The lowest BCUT2D eigenvalue weighted by Crippen LogP contribution is -2.17. The quantitative estimate of drug-likeness (QED) is 0.276. The molecule has 0 aliphatic rings. The molecule has 1 amide bonds. The number of nitrogens with one attached hydrogen (secondary N) is 2. The highest BCUT2D eigenvalue weighted by molar-refractivity contribution is 7.92. The van der Waals surface area contributed by atoms with E-state index in [1.807, 2.05) is 18.2 Å². The number of sulfonamides is 1. The number of halogens is 3. The van der Waals surface area contributed by atoms with Crippen molar-refractivity contribution < 1.29 is 31.1 Å². The number of ether oxygens (including phenoxy) is 1. The van der Waals surface area contributed by atoms with Gasteiger partial charge in [-0.2, -0.15) is 13.2 Å². The minimum atomic E-state index is -4.57. The van der Waals surface area contributed by atoms with E-state index in [1.54, 1.807) is 31.2 Å². The van der Waals surface area contributed by atoms with Crippen LogP contribution in [-0.4, -0.2) is 14.3 Å². The molecule has 0 saturated carbocycles. The maximum Gasteiger partial charge on any atom is 0.416 e. The van der Waals surface area contributed by atoms with E-state index < -0.39 is 27.7 Å². The van der Waals surface area contributed by atoms with Gasteiger partial charge in [-0.25, -0.2) is 8.42 Å². The minimum absolute atomic E-state index is 0.00638. The van der Waals surface area contributed by atoms with Crippen molar-refractivity contribution in [2.24, 2.45) is 0 Å². The molecule has 0 spiro atoms. The summed E-state index contributed by atoms with van der Waals surface area (Å²) in [5.74, 6) is 0.403. The monoisotopic (exact) mass is 526 g/mol. The summed E-state index contributed by atoms with van der Waals surface area (Å²) in [6.07, 6.45) is -4.57. The first-order chi connectivity index (χ1) is 17.5. The molecule has 10 heteroatoms. The highest BCUT2D eigenvalue weighted by Gasteiger charge is 2.30. The average Bonchev–Trinajstić information content (AvgIpc) is 2.85. The molecule has 0 saturated heterocycles. The molecule has 0 atom stereocenters. The van der Waals surface area contributed by atoms with Crippen LogP contribution in [0.2, 0.25) is 0 Å². The summed E-state index contributed by atoms with van der Waals surface area (Å²) >= 11 is 0. The number of para-hydroxylation sites is 1. The normalized spacial score (nSPS) is 11.6. The van der Waals surface area contributed by atoms with Crippen LogP contribution in [0.3, 0.4) is 0 Å². The highest BCUT2D eigenvalue weighted by Crippen LogP contribution is 2.31. The lowest BCUT2D eigenvalue weighted by atomic mass is 10.1. The van der Waals surface area contributed by atoms with Crippen molar-refractivity contribution in [3.8, 4) is 11.5 Å². The smallest absolute Gasteiger partial charge is 0.416 e. The van der Waals surface area contributed by atoms with Crippen LogP contribution in [0.1, 0.15) is 21.5 Å². The van der Waals surface area contributed by atoms with Crippen LogP contribution in [0.4, 0.5) is 24.5 Å². The molecule has 0 heterocycles. The number of amides is 1. The van der Waals surface area contributed by atoms with Gasteiger partial charge in [0, 0.05) is 16.9 Å². The number of alkyl halides is 3. The van der Waals surface area contributed by atoms with E-state index in [4.69, 9.17) is 4.74 Å². The molecular formula is C27H21F3N2O4S. The fourth-order valence-electron chi connectivity index (χ4n) is 3.41. The second kappa shape index (κ2) is 10.4. The Morgan fingerprint density at radius 2 is 1.46 bits per heavy atom. The summed E-state index contributed by atoms with van der Waals surface area (Å²) < 4.78 is 73.0. The Kier molecular flexibility index (Phi) is 7.21. The van der Waals surface area contributed by atoms with Crippen molar-refractivity contribution in [1.29, 1.82) is 0 Å². The Hall–Kier alpha value is -4.31. The number of anilines is 2. The third-order valence-electron chi connectivity index (χ3n) is 5.30. The predicted molar refractivity (Wildman–Crippen MR) is 134 cm³/mol. The third-order valence-corrected chi connectivity index (χ3v) is 6.68. The molecule has 0 radical (unpaired) electrons. The van der Waals surface area contributed by atoms with Crippen LogP contribution in [-0.2, 0) is 16.2 Å². The van der Waals surface area contributed by atoms with Crippen molar-refractivity contribution in [3.05, 3.63) is 114 Å². The fourth-order valence-corrected chi connectivity index (χ4v) is 4.50. The molecule has 6 nitrogen and oxygen atoms in total. The minimum Gasteiger partial charge on any atom is -0.457 e. The lowest BCUT2D eigenvalue weighted by molar-refractivity contribution is -0.137. The lowest BCUT2D eigenvalue weighted by Gasteiger charge is -2.13. The zero-order valence-corrected chi connectivity index (χ0v) is 20.2. The van der Waals surface area contributed by atoms with Gasteiger partial charge in [-0.3, -0.25) is 9.52 Å². The Bertz CT molecular complexity index is 1520. The molecule has 2 N–H and O–H groups in total. The van der Waals surface area contributed by atoms with E-state index in [0.29, 0.717) is 17.1 Å². The number of hydrogen-bond donors (Lipinski definition) is 2. The zero-order chi connectivity index (χ0) is 26.6. The summed E-state index contributed by atoms with van der Waals surface area (Å²) in [5.41, 5.74) is -0.250. The fraction of sp³-hybridized carbons (Fsp3) is 0.0741. The summed E-state index contributed by atoms with van der Waals surface area (Å²) in [5, 5.41) is 2.40. The van der Waals surface area contributed by atoms with Crippen molar-refractivity contribution >= 4 is 27.3 Å². The van der Waals surface area contributed by atoms with Crippen LogP contribution < -0.4 is 14.8 Å². The van der Waals surface area contributed by atoms with Crippen LogP contribution in [0.15, 0.2) is 102 Å². The third kappa shape index (κ3) is 6.47. The molecule has 37 heavy (non-hydrogen) atoms. The van der Waals surface area contributed by atoms with E-state index >= 15 is 0 Å². The van der Waals surface area contributed by atoms with Gasteiger partial charge in [-0.1, -0.05) is 30.3 Å². The number of carbonyl (C=O) groups is 1. The largest absolute Gasteiger partial charge is 0.457 e. The van der Waals surface area contributed by atoms with Gasteiger partial charge < -0.3 is 10.1 Å². The van der Waals surface area contributed by atoms with E-state index in [2.05, 4.69) is 10.0 Å². The molecule has 4 rings (SSSR count). The number of hydrogen-bond acceptors (Lipinski definition) is 4. The summed E-state index contributed by atoms with van der Waals surface area (Å²) in [6.45, 7) is 1.59. The van der Waals surface area contributed by atoms with Crippen LogP contribution in [0.25, 0.3) is 0 Å². The van der Waals surface area contributed by atoms with Crippen molar-refractivity contribution in [2.75, 3.05) is 10.0 Å². The molecule has 0 fully saturated rings. The molecule has 4 aromatic rings. The van der Waals surface area contributed by atoms with Gasteiger partial charge in [0.25, 0.3) is 15.9 Å². The number of rotatable bonds is 7. The Morgan fingerprint density at radius 1 is 0.784 bits per heavy atom. The highest BCUT2D eigenvalue weighted by atomic mass is 32.2. The molecule has 0 aliphatic heterocycles. The molecule has 0 unspecified atom stereocenters. The standard InChI is InChI=1S/C27H21F3N2O4S/c1-18-10-15-24(17-25(18)26(33)31-21-7-5-6-19(16-21)27(28,29)30)37(34,35)32-20-11-13-23(14-12-20)36-22-8-3-2-4-9-22/h2-17,32H,1H3,(H,31,33). The molecule has 4 aromatic carbocycles. The average molecular weight is 527 g/mol. The number of benzene rings is 4. The Labute approximate surface area is 211 Å². The molecule has 0 aromatic heterocycles. The van der Waals surface area contributed by atoms with Crippen molar-refractivity contribution in [2.45, 2.75) is 18.0 Å². The SMILES string of the molecule is Cc1ccc(S(=O)(=O)Nc2ccc(Oc3ccccc3)cc2)cc1C(=O)Nc1cccc(C(F)(F)F)c1. The van der Waals surface area contributed by atoms with Gasteiger partial charge in [-0.15, -0.1) is 0 Å². The van der Waals surface area contributed by atoms with Crippen LogP contribution in [0.5, 0.6) is 11.5 Å². The second-order valence-electron chi connectivity index (χ2n) is 8.05. The van der Waals surface area contributed by atoms with Crippen LogP contribution >= 0.6 is 0 Å². The zero-order valence-electron chi connectivity index (χ0n) is 19.4. The molecule has 0 bridgehead atoms. The van der Waals surface area contributed by atoms with E-state index in [0.717, 1.165) is 12.1 Å².